The molecule has 0 amide bonds. The number of benzene rings is 2. The number of aryl methyl sites for hydroxylation is 2. The monoisotopic (exact) mass is 396 g/mol. The van der Waals surface area contributed by atoms with Gasteiger partial charge in [-0.2, -0.15) is 0 Å². The largest absolute Gasteiger partial charge is 0.511 e. The van der Waals surface area contributed by atoms with Gasteiger partial charge in [0.25, 0.3) is 0 Å². The van der Waals surface area contributed by atoms with E-state index in [9.17, 15) is 9.90 Å². The average molecular weight is 397 g/mol. The summed E-state index contributed by atoms with van der Waals surface area (Å²) in [6.07, 6.45) is 1.76. The highest BCUT2D eigenvalue weighted by atomic mass is 35.5. The molecule has 2 bridgehead atoms. The van der Waals surface area contributed by atoms with Gasteiger partial charge in [0.15, 0.2) is 5.78 Å². The van der Waals surface area contributed by atoms with Crippen molar-refractivity contribution in [3.63, 3.8) is 0 Å². The Balaban J connectivity index is 1.51. The molecule has 2 unspecified atom stereocenters. The quantitative estimate of drug-likeness (QED) is 0.755. The molecule has 2 heterocycles. The zero-order valence-corrected chi connectivity index (χ0v) is 16.5. The standard InChI is InChI=1S/C23H21ClO4/c1-11-9-15(27-14-5-3-13(24)4-6-14)10-12(2)18(11)21-22(25)19-16-7-8-17(28-16)20(19)23(21)26/h3-6,9-10,16-17,19-20,25H,7-8H2,1-2H3/t16?,17?,19-,20+/m1/s1. The Labute approximate surface area is 168 Å². The molecule has 5 heteroatoms. The van der Waals surface area contributed by atoms with Gasteiger partial charge in [-0.25, -0.2) is 0 Å². The van der Waals surface area contributed by atoms with E-state index in [1.807, 2.05) is 38.1 Å². The lowest BCUT2D eigenvalue weighted by atomic mass is 9.80. The van der Waals surface area contributed by atoms with Crippen LogP contribution in [0.1, 0.15) is 29.5 Å². The highest BCUT2D eigenvalue weighted by molar-refractivity contribution is 6.30. The average Bonchev–Trinajstić information content (AvgIpc) is 3.33. The van der Waals surface area contributed by atoms with Crippen LogP contribution < -0.4 is 4.74 Å². The normalized spacial score (nSPS) is 28.2. The number of fused-ring (bicyclic) bond motifs is 5. The molecule has 1 aliphatic carbocycles. The molecule has 0 aromatic heterocycles. The summed E-state index contributed by atoms with van der Waals surface area (Å²) in [5, 5.41) is 11.6. The fourth-order valence-electron chi connectivity index (χ4n) is 5.08. The summed E-state index contributed by atoms with van der Waals surface area (Å²) in [7, 11) is 0. The van der Waals surface area contributed by atoms with Gasteiger partial charge in [-0.3, -0.25) is 4.79 Å². The predicted octanol–water partition coefficient (Wildman–Crippen LogP) is 5.39. The third-order valence-electron chi connectivity index (χ3n) is 6.20. The van der Waals surface area contributed by atoms with Gasteiger partial charge in [-0.05, 0) is 79.8 Å². The molecule has 3 aliphatic rings. The number of halogens is 1. The number of ketones is 1. The maximum atomic E-state index is 13.2. The summed E-state index contributed by atoms with van der Waals surface area (Å²) in [5.74, 6) is 1.21. The zero-order valence-electron chi connectivity index (χ0n) is 15.7. The first kappa shape index (κ1) is 17.8. The first-order valence-corrected chi connectivity index (χ1v) is 9.99. The van der Waals surface area contributed by atoms with Crippen molar-refractivity contribution in [2.75, 3.05) is 0 Å². The second kappa shape index (κ2) is 6.36. The lowest BCUT2D eigenvalue weighted by Crippen LogP contribution is -2.29. The van der Waals surface area contributed by atoms with Crippen molar-refractivity contribution in [2.45, 2.75) is 38.9 Å². The molecule has 4 atom stereocenters. The van der Waals surface area contributed by atoms with Gasteiger partial charge in [0.05, 0.1) is 29.6 Å². The van der Waals surface area contributed by atoms with Crippen LogP contribution in [-0.2, 0) is 9.53 Å². The summed E-state index contributed by atoms with van der Waals surface area (Å²) in [6, 6.07) is 11.0. The maximum Gasteiger partial charge on any atom is 0.173 e. The number of hydrogen-bond donors (Lipinski definition) is 1. The van der Waals surface area contributed by atoms with Crippen molar-refractivity contribution < 1.29 is 19.4 Å². The van der Waals surface area contributed by atoms with Gasteiger partial charge in [0, 0.05) is 5.02 Å². The van der Waals surface area contributed by atoms with E-state index >= 15 is 0 Å². The van der Waals surface area contributed by atoms with E-state index in [0.29, 0.717) is 22.1 Å². The molecule has 5 rings (SSSR count). The molecule has 1 N–H and O–H groups in total. The van der Waals surface area contributed by atoms with Crippen molar-refractivity contribution in [3.8, 4) is 11.5 Å². The molecular formula is C23H21ClO4. The van der Waals surface area contributed by atoms with Crippen LogP contribution in [0.5, 0.6) is 11.5 Å². The van der Waals surface area contributed by atoms with Gasteiger partial charge >= 0.3 is 0 Å². The second-order valence-electron chi connectivity index (χ2n) is 7.95. The number of carbonyl (C=O) groups excluding carboxylic acids is 1. The Morgan fingerprint density at radius 3 is 2.21 bits per heavy atom. The SMILES string of the molecule is Cc1cc(Oc2ccc(Cl)cc2)cc(C)c1C1=C(O)[C@@H]2C3CCC(O3)[C@@H]2C1=O. The Morgan fingerprint density at radius 2 is 1.61 bits per heavy atom. The third-order valence-corrected chi connectivity index (χ3v) is 6.45. The molecule has 2 aliphatic heterocycles. The Hall–Kier alpha value is -2.30. The first-order chi connectivity index (χ1) is 13.4. The molecular weight excluding hydrogens is 376 g/mol. The number of hydrogen-bond acceptors (Lipinski definition) is 4. The molecule has 0 radical (unpaired) electrons. The molecule has 2 fully saturated rings. The van der Waals surface area contributed by atoms with Crippen molar-refractivity contribution >= 4 is 23.0 Å². The van der Waals surface area contributed by atoms with Gasteiger partial charge in [-0.15, -0.1) is 0 Å². The highest BCUT2D eigenvalue weighted by Crippen LogP contribution is 2.54. The number of aliphatic hydroxyl groups excluding tert-OH is 1. The fourth-order valence-corrected chi connectivity index (χ4v) is 5.21. The van der Waals surface area contributed by atoms with Gasteiger partial charge < -0.3 is 14.6 Å². The van der Waals surface area contributed by atoms with Crippen LogP contribution in [0.4, 0.5) is 0 Å². The van der Waals surface area contributed by atoms with Crippen LogP contribution in [0.3, 0.4) is 0 Å². The predicted molar refractivity (Wildman–Crippen MR) is 107 cm³/mol. The van der Waals surface area contributed by atoms with Crippen LogP contribution in [0.25, 0.3) is 5.57 Å². The maximum absolute atomic E-state index is 13.2. The second-order valence-corrected chi connectivity index (χ2v) is 8.39. The number of ether oxygens (including phenoxy) is 2. The number of allylic oxidation sites excluding steroid dienone is 1. The van der Waals surface area contributed by atoms with Crippen LogP contribution in [0.15, 0.2) is 42.2 Å². The lowest BCUT2D eigenvalue weighted by molar-refractivity contribution is -0.118. The molecule has 2 aromatic carbocycles. The van der Waals surface area contributed by atoms with Crippen LogP contribution >= 0.6 is 11.6 Å². The minimum Gasteiger partial charge on any atom is -0.511 e. The molecule has 4 nitrogen and oxygen atoms in total. The van der Waals surface area contributed by atoms with E-state index in [4.69, 9.17) is 21.1 Å². The number of aliphatic hydroxyl groups is 1. The number of carbonyl (C=O) groups is 1. The molecule has 28 heavy (non-hydrogen) atoms. The van der Waals surface area contributed by atoms with Gasteiger partial charge in [0.1, 0.15) is 17.3 Å². The summed E-state index contributed by atoms with van der Waals surface area (Å²) >= 11 is 5.93. The smallest absolute Gasteiger partial charge is 0.173 e. The molecule has 2 aromatic rings. The van der Waals surface area contributed by atoms with E-state index in [2.05, 4.69) is 0 Å². The van der Waals surface area contributed by atoms with E-state index in [-0.39, 0.29) is 35.6 Å². The number of Topliss-reactive ketones (excluding diaryl/α,β-unsaturated/α-hetero) is 1. The summed E-state index contributed by atoms with van der Waals surface area (Å²) in [5.41, 5.74) is 3.11. The minimum atomic E-state index is -0.224. The fraction of sp³-hybridized carbons (Fsp3) is 0.348. The van der Waals surface area contributed by atoms with Crippen LogP contribution in [0.2, 0.25) is 5.02 Å². The van der Waals surface area contributed by atoms with E-state index < -0.39 is 0 Å². The van der Waals surface area contributed by atoms with Gasteiger partial charge in [0.2, 0.25) is 0 Å². The molecule has 0 saturated carbocycles. The molecule has 144 valence electrons. The highest BCUT2D eigenvalue weighted by Gasteiger charge is 2.59. The molecule has 0 spiro atoms. The van der Waals surface area contributed by atoms with Gasteiger partial charge in [-0.1, -0.05) is 11.6 Å². The van der Waals surface area contributed by atoms with Crippen molar-refractivity contribution in [1.29, 1.82) is 0 Å². The van der Waals surface area contributed by atoms with Crippen molar-refractivity contribution in [3.05, 3.63) is 63.9 Å². The first-order valence-electron chi connectivity index (χ1n) is 9.62. The summed E-state index contributed by atoms with van der Waals surface area (Å²) in [6.45, 7) is 3.90. The van der Waals surface area contributed by atoms with Crippen molar-refractivity contribution in [1.82, 2.24) is 0 Å². The molecule has 2 saturated heterocycles. The number of rotatable bonds is 3. The Morgan fingerprint density at radius 1 is 1.00 bits per heavy atom. The van der Waals surface area contributed by atoms with Crippen LogP contribution in [0, 0.1) is 25.7 Å². The van der Waals surface area contributed by atoms with E-state index in [1.165, 1.54) is 0 Å². The van der Waals surface area contributed by atoms with Crippen molar-refractivity contribution in [2.24, 2.45) is 11.8 Å². The lowest BCUT2D eigenvalue weighted by Gasteiger charge is -2.19. The van der Waals surface area contributed by atoms with Crippen LogP contribution in [-0.4, -0.2) is 23.1 Å². The van der Waals surface area contributed by atoms with E-state index in [0.717, 1.165) is 29.5 Å². The Bertz CT molecular complexity index is 985. The minimum absolute atomic E-state index is 0.0206. The topological polar surface area (TPSA) is 55.8 Å². The van der Waals surface area contributed by atoms with E-state index in [1.54, 1.807) is 12.1 Å². The summed E-state index contributed by atoms with van der Waals surface area (Å²) in [4.78, 5) is 13.2. The zero-order chi connectivity index (χ0) is 19.6. The summed E-state index contributed by atoms with van der Waals surface area (Å²) < 4.78 is 11.8. The Kier molecular flexibility index (Phi) is 4.04. The third kappa shape index (κ3) is 2.59.